The van der Waals surface area contributed by atoms with E-state index >= 15 is 0 Å². The van der Waals surface area contributed by atoms with Crippen molar-refractivity contribution in [2.75, 3.05) is 44.9 Å². The van der Waals surface area contributed by atoms with E-state index in [4.69, 9.17) is 0 Å². The molecule has 0 fully saturated rings. The summed E-state index contributed by atoms with van der Waals surface area (Å²) in [7, 11) is 5.77. The fourth-order valence-electron chi connectivity index (χ4n) is 3.49. The van der Waals surface area contributed by atoms with Crippen molar-refractivity contribution < 1.29 is 9.59 Å². The number of fused-ring (bicyclic) bond motifs is 3. The number of nitrogens with one attached hydrogen (secondary N) is 2. The van der Waals surface area contributed by atoms with Crippen molar-refractivity contribution in [1.82, 2.24) is 19.8 Å². The first-order valence-electron chi connectivity index (χ1n) is 10.4. The van der Waals surface area contributed by atoms with Gasteiger partial charge in [0.2, 0.25) is 11.9 Å². The normalized spacial score (nSPS) is 12.4. The molecule has 8 nitrogen and oxygen atoms in total. The van der Waals surface area contributed by atoms with Gasteiger partial charge in [-0.1, -0.05) is 18.2 Å². The maximum absolute atomic E-state index is 12.6. The summed E-state index contributed by atoms with van der Waals surface area (Å²) in [5.41, 5.74) is 4.50. The van der Waals surface area contributed by atoms with Crippen LogP contribution in [-0.2, 0) is 11.2 Å². The highest BCUT2D eigenvalue weighted by molar-refractivity contribution is 6.00. The maximum Gasteiger partial charge on any atom is 0.253 e. The first kappa shape index (κ1) is 21.5. The van der Waals surface area contributed by atoms with E-state index in [2.05, 4.69) is 20.6 Å². The summed E-state index contributed by atoms with van der Waals surface area (Å²) in [6, 6.07) is 14.8. The number of carbonyl (C=O) groups excluding carboxylic acids is 2. The minimum Gasteiger partial charge on any atom is -0.340 e. The van der Waals surface area contributed by atoms with Crippen LogP contribution in [0.2, 0.25) is 0 Å². The molecule has 0 radical (unpaired) electrons. The van der Waals surface area contributed by atoms with Crippen LogP contribution in [0, 0.1) is 0 Å². The largest absolute Gasteiger partial charge is 0.340 e. The molecule has 3 aromatic rings. The zero-order valence-electron chi connectivity index (χ0n) is 18.4. The lowest BCUT2D eigenvalue weighted by atomic mass is 10.1. The third-order valence-corrected chi connectivity index (χ3v) is 5.29. The Labute approximate surface area is 187 Å². The Morgan fingerprint density at radius 1 is 1.06 bits per heavy atom. The highest BCUT2D eigenvalue weighted by Gasteiger charge is 2.20. The molecule has 2 amide bonds. The van der Waals surface area contributed by atoms with Gasteiger partial charge in [0.05, 0.1) is 17.8 Å². The fraction of sp³-hybridized carbons (Fsp3) is 0.250. The van der Waals surface area contributed by atoms with E-state index in [-0.39, 0.29) is 18.2 Å². The van der Waals surface area contributed by atoms with Crippen molar-refractivity contribution in [2.45, 2.75) is 6.42 Å². The number of carbonyl (C=O) groups is 2. The Balaban J connectivity index is 1.52. The first-order chi connectivity index (χ1) is 15.4. The molecule has 0 saturated carbocycles. The Hall–Kier alpha value is -3.78. The van der Waals surface area contributed by atoms with Crippen LogP contribution >= 0.6 is 0 Å². The van der Waals surface area contributed by atoms with Crippen molar-refractivity contribution in [1.29, 1.82) is 0 Å². The SMILES string of the molecule is CN(C)CCN(C)C(=O)c1ccc(Nc2ncc3c(n2)-c2ccccc2NC(=O)C3)cc1. The number of para-hydroxylation sites is 1. The van der Waals surface area contributed by atoms with Gasteiger partial charge in [0.25, 0.3) is 5.91 Å². The molecule has 2 N–H and O–H groups in total. The minimum atomic E-state index is -0.0867. The molecule has 4 rings (SSSR count). The third kappa shape index (κ3) is 4.76. The summed E-state index contributed by atoms with van der Waals surface area (Å²) in [6.45, 7) is 1.47. The monoisotopic (exact) mass is 430 g/mol. The number of amides is 2. The van der Waals surface area contributed by atoms with E-state index < -0.39 is 0 Å². The predicted octanol–water partition coefficient (Wildman–Crippen LogP) is 3.02. The molecule has 1 aromatic heterocycles. The number of aromatic nitrogens is 2. The maximum atomic E-state index is 12.6. The van der Waals surface area contributed by atoms with Gasteiger partial charge in [0.15, 0.2) is 0 Å². The molecule has 0 atom stereocenters. The average molecular weight is 431 g/mol. The molecule has 0 spiro atoms. The van der Waals surface area contributed by atoms with Gasteiger partial charge < -0.3 is 20.4 Å². The summed E-state index contributed by atoms with van der Waals surface area (Å²) in [6.07, 6.45) is 1.91. The van der Waals surface area contributed by atoms with Crippen molar-refractivity contribution >= 4 is 29.1 Å². The molecule has 1 aliphatic heterocycles. The van der Waals surface area contributed by atoms with Gasteiger partial charge in [-0.15, -0.1) is 0 Å². The Morgan fingerprint density at radius 2 is 1.81 bits per heavy atom. The minimum absolute atomic E-state index is 0.0199. The van der Waals surface area contributed by atoms with Crippen LogP contribution in [0.15, 0.2) is 54.7 Å². The first-order valence-corrected chi connectivity index (χ1v) is 10.4. The van der Waals surface area contributed by atoms with Crippen LogP contribution in [0.4, 0.5) is 17.3 Å². The molecule has 164 valence electrons. The summed E-state index contributed by atoms with van der Waals surface area (Å²) in [5, 5.41) is 6.11. The molecule has 0 saturated heterocycles. The van der Waals surface area contributed by atoms with Crippen LogP contribution < -0.4 is 10.6 Å². The van der Waals surface area contributed by atoms with Crippen LogP contribution in [0.3, 0.4) is 0 Å². The van der Waals surface area contributed by atoms with Gasteiger partial charge in [0.1, 0.15) is 0 Å². The average Bonchev–Trinajstić information content (AvgIpc) is 2.92. The second-order valence-electron chi connectivity index (χ2n) is 8.07. The third-order valence-electron chi connectivity index (χ3n) is 5.29. The Kier molecular flexibility index (Phi) is 6.13. The highest BCUT2D eigenvalue weighted by atomic mass is 16.2. The standard InChI is InChI=1S/C24H26N6O2/c1-29(2)12-13-30(3)23(32)16-8-10-18(11-9-16)26-24-25-15-17-14-21(31)27-20-7-5-4-6-19(20)22(17)28-24/h4-11,15H,12-14H2,1-3H3,(H,27,31)(H,25,26,28). The second kappa shape index (κ2) is 9.15. The van der Waals surface area contributed by atoms with Crippen LogP contribution in [0.1, 0.15) is 15.9 Å². The molecule has 0 bridgehead atoms. The molecule has 1 aliphatic rings. The summed E-state index contributed by atoms with van der Waals surface area (Å²) in [4.78, 5) is 37.6. The molecular formula is C24H26N6O2. The van der Waals surface area contributed by atoms with Crippen molar-refractivity contribution in [3.05, 3.63) is 65.9 Å². The van der Waals surface area contributed by atoms with E-state index in [9.17, 15) is 9.59 Å². The van der Waals surface area contributed by atoms with Gasteiger partial charge in [0, 0.05) is 48.7 Å². The van der Waals surface area contributed by atoms with Gasteiger partial charge >= 0.3 is 0 Å². The summed E-state index contributed by atoms with van der Waals surface area (Å²) >= 11 is 0. The van der Waals surface area contributed by atoms with E-state index in [1.54, 1.807) is 30.3 Å². The number of hydrogen-bond donors (Lipinski definition) is 2. The molecule has 0 unspecified atom stereocenters. The van der Waals surface area contributed by atoms with E-state index in [0.717, 1.165) is 34.7 Å². The predicted molar refractivity (Wildman–Crippen MR) is 125 cm³/mol. The number of anilines is 3. The molecule has 2 aromatic carbocycles. The van der Waals surface area contributed by atoms with E-state index in [1.807, 2.05) is 55.4 Å². The van der Waals surface area contributed by atoms with Crippen molar-refractivity contribution in [3.63, 3.8) is 0 Å². The Bertz CT molecular complexity index is 1140. The van der Waals surface area contributed by atoms with Crippen LogP contribution in [0.5, 0.6) is 0 Å². The number of rotatable bonds is 6. The number of hydrogen-bond acceptors (Lipinski definition) is 6. The van der Waals surface area contributed by atoms with Crippen LogP contribution in [-0.4, -0.2) is 65.8 Å². The quantitative estimate of drug-likeness (QED) is 0.625. The molecular weight excluding hydrogens is 404 g/mol. The highest BCUT2D eigenvalue weighted by Crippen LogP contribution is 2.32. The summed E-state index contributed by atoms with van der Waals surface area (Å²) in [5.74, 6) is 0.319. The topological polar surface area (TPSA) is 90.5 Å². The van der Waals surface area contributed by atoms with Crippen LogP contribution in [0.25, 0.3) is 11.3 Å². The molecule has 0 aliphatic carbocycles. The lowest BCUT2D eigenvalue weighted by Gasteiger charge is -2.19. The smallest absolute Gasteiger partial charge is 0.253 e. The van der Waals surface area contributed by atoms with Gasteiger partial charge in [-0.25, -0.2) is 9.97 Å². The molecule has 32 heavy (non-hydrogen) atoms. The zero-order valence-corrected chi connectivity index (χ0v) is 18.4. The van der Waals surface area contributed by atoms with Crippen molar-refractivity contribution in [2.24, 2.45) is 0 Å². The zero-order chi connectivity index (χ0) is 22.7. The number of nitrogens with zero attached hydrogens (tertiary/aromatic N) is 4. The summed E-state index contributed by atoms with van der Waals surface area (Å²) < 4.78 is 0. The van der Waals surface area contributed by atoms with Gasteiger partial charge in [-0.3, -0.25) is 9.59 Å². The van der Waals surface area contributed by atoms with E-state index in [1.165, 1.54) is 0 Å². The number of likely N-dealkylation sites (N-methyl/N-ethyl adjacent to an activating group) is 2. The lowest BCUT2D eigenvalue weighted by Crippen LogP contribution is -2.33. The van der Waals surface area contributed by atoms with E-state index in [0.29, 0.717) is 18.1 Å². The van der Waals surface area contributed by atoms with Gasteiger partial charge in [-0.05, 0) is 44.4 Å². The van der Waals surface area contributed by atoms with Gasteiger partial charge in [-0.2, -0.15) is 0 Å². The second-order valence-corrected chi connectivity index (χ2v) is 8.07. The fourth-order valence-corrected chi connectivity index (χ4v) is 3.49. The molecule has 2 heterocycles. The van der Waals surface area contributed by atoms with Crippen molar-refractivity contribution in [3.8, 4) is 11.3 Å². The Morgan fingerprint density at radius 3 is 2.56 bits per heavy atom. The number of benzene rings is 2. The lowest BCUT2D eigenvalue weighted by molar-refractivity contribution is -0.115. The molecule has 8 heteroatoms.